The third-order valence-corrected chi connectivity index (χ3v) is 7.85. The predicted octanol–water partition coefficient (Wildman–Crippen LogP) is 6.10. The van der Waals surface area contributed by atoms with Crippen LogP contribution in [-0.2, 0) is 14.4 Å². The number of benzene rings is 2. The Hall–Kier alpha value is -3.38. The van der Waals surface area contributed by atoms with Crippen molar-refractivity contribution in [3.8, 4) is 5.75 Å². The Morgan fingerprint density at radius 2 is 1.59 bits per heavy atom. The second-order valence-electron chi connectivity index (χ2n) is 9.82. The summed E-state index contributed by atoms with van der Waals surface area (Å²) in [5.41, 5.74) is 6.20. The standard InChI is InChI=1S/C30H31ClN2O4/c1-3-33-23-6-4-8-25(34)29(23)28(30-24(33)7-5-9-26(30)35)19-11-14-21(15-12-19)37-17-27(36)32-20-13-10-18(2)22(31)16-20/h10-16,28H,3-9,17H2,1-2H3,(H,32,36). The first kappa shape index (κ1) is 25.3. The van der Waals surface area contributed by atoms with Gasteiger partial charge in [-0.3, -0.25) is 14.4 Å². The molecule has 5 rings (SSSR count). The van der Waals surface area contributed by atoms with Crippen molar-refractivity contribution < 1.29 is 19.1 Å². The lowest BCUT2D eigenvalue weighted by Crippen LogP contribution is -2.39. The second kappa shape index (κ2) is 10.5. The van der Waals surface area contributed by atoms with Crippen molar-refractivity contribution in [3.05, 3.63) is 81.2 Å². The number of amides is 1. The van der Waals surface area contributed by atoms with E-state index in [0.717, 1.165) is 65.9 Å². The minimum atomic E-state index is -0.336. The van der Waals surface area contributed by atoms with Gasteiger partial charge in [-0.05, 0) is 74.9 Å². The van der Waals surface area contributed by atoms with Crippen molar-refractivity contribution in [1.29, 1.82) is 0 Å². The molecule has 0 radical (unpaired) electrons. The number of hydrogen-bond acceptors (Lipinski definition) is 5. The first-order chi connectivity index (χ1) is 17.9. The van der Waals surface area contributed by atoms with Gasteiger partial charge in [0.05, 0.1) is 0 Å². The van der Waals surface area contributed by atoms with Crippen molar-refractivity contribution in [2.24, 2.45) is 0 Å². The van der Waals surface area contributed by atoms with Gasteiger partial charge < -0.3 is 15.0 Å². The molecular weight excluding hydrogens is 488 g/mol. The van der Waals surface area contributed by atoms with E-state index >= 15 is 0 Å². The SMILES string of the molecule is CCN1C2=C(C(=O)CCC2)C(c2ccc(OCC(=O)Nc3ccc(C)c(Cl)c3)cc2)C2=C1CCCC2=O. The first-order valence-electron chi connectivity index (χ1n) is 13.0. The Bertz CT molecular complexity index is 1280. The summed E-state index contributed by atoms with van der Waals surface area (Å²) in [6.07, 6.45) is 4.46. The Morgan fingerprint density at radius 1 is 0.973 bits per heavy atom. The molecule has 1 heterocycles. The Labute approximate surface area is 222 Å². The lowest BCUT2D eigenvalue weighted by atomic mass is 9.71. The van der Waals surface area contributed by atoms with Gasteiger partial charge in [0.25, 0.3) is 5.91 Å². The third-order valence-electron chi connectivity index (χ3n) is 7.44. The molecule has 0 bridgehead atoms. The molecule has 0 atom stereocenters. The summed E-state index contributed by atoms with van der Waals surface area (Å²) in [5, 5.41) is 3.37. The monoisotopic (exact) mass is 518 g/mol. The number of allylic oxidation sites excluding steroid dienone is 4. The number of rotatable bonds is 6. The Balaban J connectivity index is 1.36. The molecule has 2 aromatic carbocycles. The molecule has 0 fully saturated rings. The normalized spacial score (nSPS) is 18.1. The number of halogens is 1. The van der Waals surface area contributed by atoms with E-state index in [9.17, 15) is 14.4 Å². The van der Waals surface area contributed by atoms with E-state index in [4.69, 9.17) is 16.3 Å². The quantitative estimate of drug-likeness (QED) is 0.500. The van der Waals surface area contributed by atoms with E-state index < -0.39 is 0 Å². The summed E-state index contributed by atoms with van der Waals surface area (Å²) in [6.45, 7) is 4.59. The van der Waals surface area contributed by atoms with E-state index in [2.05, 4.69) is 17.1 Å². The van der Waals surface area contributed by atoms with Gasteiger partial charge in [-0.15, -0.1) is 0 Å². The zero-order valence-electron chi connectivity index (χ0n) is 21.2. The van der Waals surface area contributed by atoms with Crippen LogP contribution in [0.1, 0.15) is 62.5 Å². The number of ketones is 2. The van der Waals surface area contributed by atoms with E-state index in [1.165, 1.54) is 0 Å². The van der Waals surface area contributed by atoms with Crippen LogP contribution >= 0.6 is 11.6 Å². The number of Topliss-reactive ketones (excluding diaryl/α,β-unsaturated/α-hetero) is 2. The number of nitrogens with one attached hydrogen (secondary N) is 1. The zero-order chi connectivity index (χ0) is 26.1. The molecule has 0 aromatic heterocycles. The van der Waals surface area contributed by atoms with Crippen molar-refractivity contribution in [2.75, 3.05) is 18.5 Å². The van der Waals surface area contributed by atoms with Crippen molar-refractivity contribution in [1.82, 2.24) is 4.90 Å². The molecule has 0 spiro atoms. The summed E-state index contributed by atoms with van der Waals surface area (Å²) >= 11 is 6.13. The molecule has 1 aliphatic heterocycles. The summed E-state index contributed by atoms with van der Waals surface area (Å²) in [4.78, 5) is 41.0. The number of anilines is 1. The molecule has 37 heavy (non-hydrogen) atoms. The molecule has 3 aliphatic rings. The molecule has 7 heteroatoms. The molecule has 6 nitrogen and oxygen atoms in total. The zero-order valence-corrected chi connectivity index (χ0v) is 22.0. The highest BCUT2D eigenvalue weighted by atomic mass is 35.5. The maximum Gasteiger partial charge on any atom is 0.262 e. The van der Waals surface area contributed by atoms with Gasteiger partial charge in [-0.1, -0.05) is 29.8 Å². The van der Waals surface area contributed by atoms with Crippen LogP contribution in [0.3, 0.4) is 0 Å². The number of aryl methyl sites for hydroxylation is 1. The number of carbonyl (C=O) groups excluding carboxylic acids is 3. The van der Waals surface area contributed by atoms with Crippen molar-refractivity contribution in [2.45, 2.75) is 58.3 Å². The van der Waals surface area contributed by atoms with E-state index in [1.807, 2.05) is 25.1 Å². The van der Waals surface area contributed by atoms with Crippen LogP contribution in [0.15, 0.2) is 65.0 Å². The summed E-state index contributed by atoms with van der Waals surface area (Å²) in [6, 6.07) is 12.8. The molecule has 192 valence electrons. The smallest absolute Gasteiger partial charge is 0.262 e. The van der Waals surface area contributed by atoms with Gasteiger partial charge in [-0.2, -0.15) is 0 Å². The van der Waals surface area contributed by atoms with Crippen LogP contribution in [0.4, 0.5) is 5.69 Å². The van der Waals surface area contributed by atoms with Crippen LogP contribution in [0.25, 0.3) is 0 Å². The highest BCUT2D eigenvalue weighted by Crippen LogP contribution is 2.49. The first-order valence-corrected chi connectivity index (χ1v) is 13.3. The van der Waals surface area contributed by atoms with Gasteiger partial charge in [0.1, 0.15) is 5.75 Å². The summed E-state index contributed by atoms with van der Waals surface area (Å²) in [5.74, 6) is 0.198. The maximum absolute atomic E-state index is 13.2. The number of hydrogen-bond donors (Lipinski definition) is 1. The Morgan fingerprint density at radius 3 is 2.16 bits per heavy atom. The van der Waals surface area contributed by atoms with Crippen molar-refractivity contribution in [3.63, 3.8) is 0 Å². The van der Waals surface area contributed by atoms with Gasteiger partial charge in [0, 0.05) is 58.6 Å². The number of ether oxygens (including phenoxy) is 1. The number of carbonyl (C=O) groups is 3. The molecule has 1 N–H and O–H groups in total. The van der Waals surface area contributed by atoms with E-state index in [0.29, 0.717) is 29.3 Å². The van der Waals surface area contributed by atoms with Gasteiger partial charge in [-0.25, -0.2) is 0 Å². The minimum absolute atomic E-state index is 0.142. The Kier molecular flexibility index (Phi) is 7.20. The number of nitrogens with zero attached hydrogens (tertiary/aromatic N) is 1. The average molecular weight is 519 g/mol. The second-order valence-corrected chi connectivity index (χ2v) is 10.2. The highest BCUT2D eigenvalue weighted by molar-refractivity contribution is 6.31. The molecule has 0 saturated carbocycles. The molecular formula is C30H31ClN2O4. The third kappa shape index (κ3) is 4.95. The molecule has 0 saturated heterocycles. The molecule has 2 aliphatic carbocycles. The van der Waals surface area contributed by atoms with Crippen molar-refractivity contribution >= 4 is 34.8 Å². The molecule has 2 aromatic rings. The van der Waals surface area contributed by atoms with E-state index in [1.54, 1.807) is 24.3 Å². The highest BCUT2D eigenvalue weighted by Gasteiger charge is 2.42. The van der Waals surface area contributed by atoms with Crippen LogP contribution in [-0.4, -0.2) is 35.5 Å². The summed E-state index contributed by atoms with van der Waals surface area (Å²) < 4.78 is 5.72. The predicted molar refractivity (Wildman–Crippen MR) is 144 cm³/mol. The van der Waals surface area contributed by atoms with Crippen LogP contribution in [0.2, 0.25) is 5.02 Å². The maximum atomic E-state index is 13.2. The fourth-order valence-corrected chi connectivity index (χ4v) is 5.89. The van der Waals surface area contributed by atoms with Gasteiger partial charge in [0.15, 0.2) is 18.2 Å². The lowest BCUT2D eigenvalue weighted by Gasteiger charge is -2.43. The van der Waals surface area contributed by atoms with Gasteiger partial charge >= 0.3 is 0 Å². The molecule has 1 amide bonds. The fraction of sp³-hybridized carbons (Fsp3) is 0.367. The summed E-state index contributed by atoms with van der Waals surface area (Å²) in [7, 11) is 0. The fourth-order valence-electron chi connectivity index (χ4n) is 5.70. The van der Waals surface area contributed by atoms with Gasteiger partial charge in [0.2, 0.25) is 0 Å². The average Bonchev–Trinajstić information content (AvgIpc) is 2.89. The topological polar surface area (TPSA) is 75.7 Å². The van der Waals surface area contributed by atoms with Crippen LogP contribution in [0.5, 0.6) is 5.75 Å². The molecule has 0 unspecified atom stereocenters. The van der Waals surface area contributed by atoms with Crippen LogP contribution < -0.4 is 10.1 Å². The van der Waals surface area contributed by atoms with E-state index in [-0.39, 0.29) is 30.0 Å². The largest absolute Gasteiger partial charge is 0.484 e. The van der Waals surface area contributed by atoms with Crippen LogP contribution in [0, 0.1) is 6.92 Å². The lowest BCUT2D eigenvalue weighted by molar-refractivity contribution is -0.118. The minimum Gasteiger partial charge on any atom is -0.484 e.